The van der Waals surface area contributed by atoms with Crippen LogP contribution in [0.3, 0.4) is 0 Å². The first-order valence-corrected chi connectivity index (χ1v) is 9.02. The van der Waals surface area contributed by atoms with Crippen LogP contribution in [-0.2, 0) is 4.79 Å². The van der Waals surface area contributed by atoms with Crippen LogP contribution in [0.5, 0.6) is 5.75 Å². The summed E-state index contributed by atoms with van der Waals surface area (Å²) in [6, 6.07) is 11.2. The molecule has 1 unspecified atom stereocenters. The fourth-order valence-electron chi connectivity index (χ4n) is 3.11. The zero-order valence-electron chi connectivity index (χ0n) is 14.7. The van der Waals surface area contributed by atoms with E-state index in [0.717, 1.165) is 37.2 Å². The summed E-state index contributed by atoms with van der Waals surface area (Å²) in [5.74, 6) is 0.371. The van der Waals surface area contributed by atoms with Gasteiger partial charge in [-0.1, -0.05) is 12.1 Å². The van der Waals surface area contributed by atoms with Gasteiger partial charge in [0, 0.05) is 23.9 Å². The van der Waals surface area contributed by atoms with Gasteiger partial charge in [0.15, 0.2) is 0 Å². The lowest BCUT2D eigenvalue weighted by atomic mass is 10.1. The monoisotopic (exact) mass is 355 g/mol. The first-order chi connectivity index (χ1) is 12.6. The molecule has 1 amide bonds. The molecule has 4 rings (SSSR count). The number of pyridine rings is 1. The Hall–Kier alpha value is -2.63. The summed E-state index contributed by atoms with van der Waals surface area (Å²) in [7, 11) is 0. The molecule has 2 fully saturated rings. The highest BCUT2D eigenvalue weighted by Crippen LogP contribution is 2.30. The first-order valence-electron chi connectivity index (χ1n) is 9.02. The number of aromatic nitrogens is 1. The van der Waals surface area contributed by atoms with Crippen molar-refractivity contribution >= 4 is 11.6 Å². The van der Waals surface area contributed by atoms with Crippen LogP contribution in [0.1, 0.15) is 31.4 Å². The molecular weight excluding hydrogens is 333 g/mol. The summed E-state index contributed by atoms with van der Waals surface area (Å²) in [4.78, 5) is 17.6. The van der Waals surface area contributed by atoms with Gasteiger partial charge in [0.05, 0.1) is 19.1 Å². The number of hydrogen-bond acceptors (Lipinski definition) is 4. The maximum absolute atomic E-state index is 13.1. The van der Waals surface area contributed by atoms with Crippen LogP contribution in [0, 0.1) is 11.9 Å². The van der Waals surface area contributed by atoms with Gasteiger partial charge in [-0.05, 0) is 43.5 Å². The Labute approximate surface area is 152 Å². The molecule has 2 heterocycles. The van der Waals surface area contributed by atoms with E-state index >= 15 is 0 Å². The molecule has 1 saturated carbocycles. The maximum atomic E-state index is 13.1. The number of benzene rings is 1. The highest BCUT2D eigenvalue weighted by molar-refractivity contribution is 5.81. The molecule has 1 atom stereocenters. The summed E-state index contributed by atoms with van der Waals surface area (Å²) < 4.78 is 18.8. The molecule has 0 spiro atoms. The summed E-state index contributed by atoms with van der Waals surface area (Å²) in [6.45, 7) is 3.53. The Kier molecular flexibility index (Phi) is 4.49. The summed E-state index contributed by atoms with van der Waals surface area (Å²) >= 11 is 0. The van der Waals surface area contributed by atoms with Crippen molar-refractivity contribution in [3.05, 3.63) is 54.1 Å². The minimum absolute atomic E-state index is 0.0196. The predicted molar refractivity (Wildman–Crippen MR) is 96.5 cm³/mol. The third-order valence-corrected chi connectivity index (χ3v) is 4.91. The Balaban J connectivity index is 1.28. The molecule has 5 nitrogen and oxygen atoms in total. The van der Waals surface area contributed by atoms with E-state index in [9.17, 15) is 9.18 Å². The number of halogens is 1. The molecule has 1 N–H and O–H groups in total. The number of nitrogens with zero attached hydrogens (tertiary/aromatic N) is 2. The van der Waals surface area contributed by atoms with Crippen LogP contribution in [0.2, 0.25) is 0 Å². The lowest BCUT2D eigenvalue weighted by molar-refractivity contribution is -0.122. The first kappa shape index (κ1) is 16.8. The molecule has 26 heavy (non-hydrogen) atoms. The highest BCUT2D eigenvalue weighted by Gasteiger charge is 2.31. The van der Waals surface area contributed by atoms with Gasteiger partial charge in [-0.2, -0.15) is 4.39 Å². The molecular formula is C20H22FN3O2. The molecule has 0 radical (unpaired) electrons. The number of nitrogens with one attached hydrogen (secondary N) is 1. The average Bonchev–Trinajstić information content (AvgIpc) is 3.43. The van der Waals surface area contributed by atoms with E-state index in [0.29, 0.717) is 5.75 Å². The number of amides is 1. The van der Waals surface area contributed by atoms with Crippen molar-refractivity contribution in [3.63, 3.8) is 0 Å². The van der Waals surface area contributed by atoms with E-state index in [2.05, 4.69) is 39.5 Å². The molecule has 0 bridgehead atoms. The Morgan fingerprint density at radius 3 is 2.65 bits per heavy atom. The SMILES string of the molecule is CC(NC(=O)C1CC1)c1ccc(N2CC(Oc3ccnc(F)c3)C2)cc1. The zero-order valence-corrected chi connectivity index (χ0v) is 14.7. The van der Waals surface area contributed by atoms with E-state index < -0.39 is 5.95 Å². The highest BCUT2D eigenvalue weighted by atomic mass is 19.1. The van der Waals surface area contributed by atoms with Crippen molar-refractivity contribution < 1.29 is 13.9 Å². The van der Waals surface area contributed by atoms with E-state index in [4.69, 9.17) is 4.74 Å². The van der Waals surface area contributed by atoms with Crippen LogP contribution in [0.4, 0.5) is 10.1 Å². The second-order valence-electron chi connectivity index (χ2n) is 7.06. The lowest BCUT2D eigenvalue weighted by Crippen LogP contribution is -2.54. The third-order valence-electron chi connectivity index (χ3n) is 4.91. The molecule has 136 valence electrons. The molecule has 1 aliphatic carbocycles. The second kappa shape index (κ2) is 6.94. The molecule has 1 aromatic heterocycles. The quantitative estimate of drug-likeness (QED) is 0.809. The molecule has 1 aromatic carbocycles. The van der Waals surface area contributed by atoms with Crippen LogP contribution in [0.15, 0.2) is 42.6 Å². The fourth-order valence-corrected chi connectivity index (χ4v) is 3.11. The van der Waals surface area contributed by atoms with Gasteiger partial charge in [-0.25, -0.2) is 4.98 Å². The molecule has 2 aromatic rings. The van der Waals surface area contributed by atoms with Gasteiger partial charge in [-0.15, -0.1) is 0 Å². The lowest BCUT2D eigenvalue weighted by Gasteiger charge is -2.40. The number of ether oxygens (including phenoxy) is 1. The number of carbonyl (C=O) groups excluding carboxylic acids is 1. The second-order valence-corrected chi connectivity index (χ2v) is 7.06. The van der Waals surface area contributed by atoms with Crippen molar-refractivity contribution in [1.82, 2.24) is 10.3 Å². The number of anilines is 1. The van der Waals surface area contributed by atoms with Gasteiger partial charge >= 0.3 is 0 Å². The van der Waals surface area contributed by atoms with E-state index in [1.807, 2.05) is 6.92 Å². The standard InChI is InChI=1S/C20H22FN3O2/c1-13(23-20(25)15-2-3-15)14-4-6-16(7-5-14)24-11-18(12-24)26-17-8-9-22-19(21)10-17/h4-10,13,15,18H,2-3,11-12H2,1H3,(H,23,25). The fraction of sp³-hybridized carbons (Fsp3) is 0.400. The number of rotatable bonds is 6. The van der Waals surface area contributed by atoms with Crippen LogP contribution in [0.25, 0.3) is 0 Å². The van der Waals surface area contributed by atoms with Crippen molar-refractivity contribution in [3.8, 4) is 5.75 Å². The molecule has 2 aliphatic rings. The van der Waals surface area contributed by atoms with Crippen molar-refractivity contribution in [2.24, 2.45) is 5.92 Å². The molecule has 1 saturated heterocycles. The van der Waals surface area contributed by atoms with Gasteiger partial charge in [0.1, 0.15) is 11.9 Å². The normalized spacial score (nSPS) is 18.2. The van der Waals surface area contributed by atoms with Gasteiger partial charge in [0.2, 0.25) is 11.9 Å². The largest absolute Gasteiger partial charge is 0.487 e. The van der Waals surface area contributed by atoms with Gasteiger partial charge in [-0.3, -0.25) is 4.79 Å². The topological polar surface area (TPSA) is 54.5 Å². The van der Waals surface area contributed by atoms with E-state index in [1.165, 1.54) is 12.3 Å². The summed E-state index contributed by atoms with van der Waals surface area (Å²) in [6.07, 6.45) is 3.49. The number of hydrogen-bond donors (Lipinski definition) is 1. The Morgan fingerprint density at radius 2 is 2.00 bits per heavy atom. The predicted octanol–water partition coefficient (Wildman–Crippen LogP) is 3.08. The zero-order chi connectivity index (χ0) is 18.1. The molecule has 1 aliphatic heterocycles. The van der Waals surface area contributed by atoms with Crippen LogP contribution < -0.4 is 15.0 Å². The smallest absolute Gasteiger partial charge is 0.223 e. The maximum Gasteiger partial charge on any atom is 0.223 e. The number of carbonyl (C=O) groups is 1. The van der Waals surface area contributed by atoms with Crippen LogP contribution >= 0.6 is 0 Å². The minimum Gasteiger partial charge on any atom is -0.487 e. The van der Waals surface area contributed by atoms with Gasteiger partial charge < -0.3 is 15.0 Å². The summed E-state index contributed by atoms with van der Waals surface area (Å²) in [5.41, 5.74) is 2.22. The van der Waals surface area contributed by atoms with E-state index in [1.54, 1.807) is 6.07 Å². The summed E-state index contributed by atoms with van der Waals surface area (Å²) in [5, 5.41) is 3.07. The van der Waals surface area contributed by atoms with Crippen molar-refractivity contribution in [2.45, 2.75) is 31.9 Å². The Bertz CT molecular complexity index is 786. The van der Waals surface area contributed by atoms with Crippen LogP contribution in [-0.4, -0.2) is 30.1 Å². The van der Waals surface area contributed by atoms with Crippen molar-refractivity contribution in [2.75, 3.05) is 18.0 Å². The van der Waals surface area contributed by atoms with E-state index in [-0.39, 0.29) is 24.0 Å². The Morgan fingerprint density at radius 1 is 1.27 bits per heavy atom. The van der Waals surface area contributed by atoms with Gasteiger partial charge in [0.25, 0.3) is 0 Å². The molecule has 6 heteroatoms. The average molecular weight is 355 g/mol. The van der Waals surface area contributed by atoms with Crippen molar-refractivity contribution in [1.29, 1.82) is 0 Å². The minimum atomic E-state index is -0.530. The third kappa shape index (κ3) is 3.79.